The molecule has 224 valence electrons. The zero-order valence-electron chi connectivity index (χ0n) is 26.1. The molecule has 1 aromatic heterocycles. The topological polar surface area (TPSA) is 16.4 Å². The highest BCUT2D eigenvalue weighted by molar-refractivity contribution is 6.25. The van der Waals surface area contributed by atoms with Crippen LogP contribution in [0.3, 0.4) is 0 Å². The van der Waals surface area contributed by atoms with E-state index < -0.39 is 0 Å². The summed E-state index contributed by atoms with van der Waals surface area (Å²) >= 11 is 0. The number of rotatable bonds is 4. The lowest BCUT2D eigenvalue weighted by Crippen LogP contribution is -2.11. The van der Waals surface area contributed by atoms with Gasteiger partial charge in [0.25, 0.3) is 0 Å². The van der Waals surface area contributed by atoms with Crippen molar-refractivity contribution >= 4 is 82.1 Å². The molecule has 0 aliphatic carbocycles. The molecule has 10 rings (SSSR count). The third-order valence-corrected chi connectivity index (χ3v) is 9.80. The standard InChI is InChI=1S/C46H29NO/c1-2-12-30(13-3-1)33-15-10-16-34(28-33)47(42-29-44-46(39-19-7-6-18-36(39)42)40-20-8-9-23-43(40)48-44)41-22-11-21-38-37(41)27-26-32-25-24-31-14-4-5-17-35(31)45(32)38/h1-29H. The lowest BCUT2D eigenvalue weighted by Gasteiger charge is -2.29. The Hall–Kier alpha value is -6.38. The van der Waals surface area contributed by atoms with E-state index in [1.165, 1.54) is 54.2 Å². The average Bonchev–Trinajstić information content (AvgIpc) is 3.54. The van der Waals surface area contributed by atoms with Gasteiger partial charge in [-0.3, -0.25) is 0 Å². The van der Waals surface area contributed by atoms with E-state index in [2.05, 4.69) is 175 Å². The quantitative estimate of drug-likeness (QED) is 0.184. The van der Waals surface area contributed by atoms with Crippen LogP contribution in [0.15, 0.2) is 180 Å². The molecule has 10 aromatic rings. The highest BCUT2D eigenvalue weighted by atomic mass is 16.3. The van der Waals surface area contributed by atoms with Crippen LogP contribution in [0.1, 0.15) is 0 Å². The fourth-order valence-corrected chi connectivity index (χ4v) is 7.66. The zero-order valence-corrected chi connectivity index (χ0v) is 26.1. The van der Waals surface area contributed by atoms with Gasteiger partial charge in [-0.2, -0.15) is 0 Å². The lowest BCUT2D eigenvalue weighted by molar-refractivity contribution is 0.669. The molecule has 0 unspecified atom stereocenters. The molecule has 2 nitrogen and oxygen atoms in total. The predicted octanol–water partition coefficient (Wildman–Crippen LogP) is 13.3. The van der Waals surface area contributed by atoms with Crippen LogP contribution in [0.4, 0.5) is 17.1 Å². The number of hydrogen-bond donors (Lipinski definition) is 0. The van der Waals surface area contributed by atoms with E-state index in [4.69, 9.17) is 4.42 Å². The van der Waals surface area contributed by atoms with Gasteiger partial charge in [-0.15, -0.1) is 0 Å². The molecule has 0 spiro atoms. The summed E-state index contributed by atoms with van der Waals surface area (Å²) < 4.78 is 6.58. The van der Waals surface area contributed by atoms with E-state index in [9.17, 15) is 0 Å². The summed E-state index contributed by atoms with van der Waals surface area (Å²) in [6.45, 7) is 0. The monoisotopic (exact) mass is 611 g/mol. The van der Waals surface area contributed by atoms with Crippen molar-refractivity contribution in [1.82, 2.24) is 0 Å². The van der Waals surface area contributed by atoms with E-state index in [-0.39, 0.29) is 0 Å². The zero-order chi connectivity index (χ0) is 31.6. The minimum absolute atomic E-state index is 0.880. The minimum atomic E-state index is 0.880. The van der Waals surface area contributed by atoms with Crippen molar-refractivity contribution in [1.29, 1.82) is 0 Å². The van der Waals surface area contributed by atoms with Crippen LogP contribution in [-0.2, 0) is 0 Å². The SMILES string of the molecule is c1ccc(-c2cccc(N(c3cccc4c3ccc3ccc5ccccc5c34)c3cc4oc5ccccc5c4c4ccccc34)c2)cc1. The Labute approximate surface area is 277 Å². The third-order valence-electron chi connectivity index (χ3n) is 9.80. The Morgan fingerprint density at radius 1 is 0.333 bits per heavy atom. The Morgan fingerprint density at radius 2 is 0.958 bits per heavy atom. The van der Waals surface area contributed by atoms with Gasteiger partial charge in [0, 0.05) is 33.3 Å². The molecule has 0 N–H and O–H groups in total. The highest BCUT2D eigenvalue weighted by Crippen LogP contribution is 2.47. The first-order valence-corrected chi connectivity index (χ1v) is 16.4. The number of nitrogens with zero attached hydrogens (tertiary/aromatic N) is 1. The summed E-state index contributed by atoms with van der Waals surface area (Å²) in [7, 11) is 0. The maximum Gasteiger partial charge on any atom is 0.138 e. The molecule has 2 heteroatoms. The molecule has 0 amide bonds. The second kappa shape index (κ2) is 10.6. The van der Waals surface area contributed by atoms with Crippen molar-refractivity contribution in [2.75, 3.05) is 4.90 Å². The Bertz CT molecular complexity index is 2850. The summed E-state index contributed by atoms with van der Waals surface area (Å²) in [4.78, 5) is 2.43. The normalized spacial score (nSPS) is 11.8. The minimum Gasteiger partial charge on any atom is -0.456 e. The number of furan rings is 1. The summed E-state index contributed by atoms with van der Waals surface area (Å²) in [5.41, 5.74) is 7.42. The maximum atomic E-state index is 6.58. The van der Waals surface area contributed by atoms with Crippen LogP contribution in [0.5, 0.6) is 0 Å². The molecular weight excluding hydrogens is 583 g/mol. The van der Waals surface area contributed by atoms with Crippen molar-refractivity contribution in [2.24, 2.45) is 0 Å². The van der Waals surface area contributed by atoms with Crippen molar-refractivity contribution in [3.63, 3.8) is 0 Å². The molecule has 0 saturated carbocycles. The second-order valence-electron chi connectivity index (χ2n) is 12.5. The van der Waals surface area contributed by atoms with Gasteiger partial charge in [-0.1, -0.05) is 146 Å². The van der Waals surface area contributed by atoms with Gasteiger partial charge in [0.2, 0.25) is 0 Å². The third kappa shape index (κ3) is 4.06. The van der Waals surface area contributed by atoms with Crippen molar-refractivity contribution < 1.29 is 4.42 Å². The molecule has 48 heavy (non-hydrogen) atoms. The predicted molar refractivity (Wildman–Crippen MR) is 204 cm³/mol. The molecule has 0 fully saturated rings. The first-order valence-electron chi connectivity index (χ1n) is 16.4. The number of anilines is 3. The Balaban J connectivity index is 1.32. The van der Waals surface area contributed by atoms with E-state index >= 15 is 0 Å². The molecule has 0 aliphatic heterocycles. The number of benzene rings is 9. The van der Waals surface area contributed by atoms with Gasteiger partial charge < -0.3 is 9.32 Å². The molecule has 1 heterocycles. The maximum absolute atomic E-state index is 6.58. The number of para-hydroxylation sites is 1. The Kier molecular flexibility index (Phi) is 5.91. The van der Waals surface area contributed by atoms with Gasteiger partial charge in [0.1, 0.15) is 11.2 Å². The van der Waals surface area contributed by atoms with Gasteiger partial charge >= 0.3 is 0 Å². The highest BCUT2D eigenvalue weighted by Gasteiger charge is 2.22. The molecule has 0 bridgehead atoms. The fourth-order valence-electron chi connectivity index (χ4n) is 7.66. The van der Waals surface area contributed by atoms with Gasteiger partial charge in [-0.25, -0.2) is 0 Å². The second-order valence-corrected chi connectivity index (χ2v) is 12.5. The van der Waals surface area contributed by atoms with E-state index in [1.807, 2.05) is 6.07 Å². The number of hydrogen-bond acceptors (Lipinski definition) is 2. The van der Waals surface area contributed by atoms with Gasteiger partial charge in [-0.05, 0) is 67.7 Å². The first kappa shape index (κ1) is 26.8. The largest absolute Gasteiger partial charge is 0.456 e. The molecule has 0 atom stereocenters. The van der Waals surface area contributed by atoms with Crippen molar-refractivity contribution in [3.8, 4) is 11.1 Å². The molecule has 0 radical (unpaired) electrons. The Morgan fingerprint density at radius 3 is 1.85 bits per heavy atom. The van der Waals surface area contributed by atoms with E-state index in [0.717, 1.165) is 39.0 Å². The van der Waals surface area contributed by atoms with E-state index in [1.54, 1.807) is 0 Å². The van der Waals surface area contributed by atoms with Crippen LogP contribution in [0.25, 0.3) is 76.2 Å². The molecule has 0 saturated heterocycles. The van der Waals surface area contributed by atoms with Crippen LogP contribution >= 0.6 is 0 Å². The van der Waals surface area contributed by atoms with Crippen LogP contribution in [0.2, 0.25) is 0 Å². The van der Waals surface area contributed by atoms with Crippen LogP contribution in [0, 0.1) is 0 Å². The van der Waals surface area contributed by atoms with Crippen molar-refractivity contribution in [2.45, 2.75) is 0 Å². The first-order chi connectivity index (χ1) is 23.8. The van der Waals surface area contributed by atoms with Crippen LogP contribution in [-0.4, -0.2) is 0 Å². The fraction of sp³-hybridized carbons (Fsp3) is 0. The van der Waals surface area contributed by atoms with Crippen molar-refractivity contribution in [3.05, 3.63) is 176 Å². The number of fused-ring (bicyclic) bond motifs is 10. The molecular formula is C46H29NO. The summed E-state index contributed by atoms with van der Waals surface area (Å²) in [6.07, 6.45) is 0. The molecule has 0 aliphatic rings. The lowest BCUT2D eigenvalue weighted by atomic mass is 9.95. The summed E-state index contributed by atoms with van der Waals surface area (Å²) in [6, 6.07) is 63.3. The smallest absolute Gasteiger partial charge is 0.138 e. The summed E-state index contributed by atoms with van der Waals surface area (Å²) in [5, 5.41) is 12.1. The summed E-state index contributed by atoms with van der Waals surface area (Å²) in [5.74, 6) is 0. The van der Waals surface area contributed by atoms with E-state index in [0.29, 0.717) is 0 Å². The van der Waals surface area contributed by atoms with Gasteiger partial charge in [0.15, 0.2) is 0 Å². The van der Waals surface area contributed by atoms with Gasteiger partial charge in [0.05, 0.1) is 11.4 Å². The average molecular weight is 612 g/mol. The molecule has 9 aromatic carbocycles. The van der Waals surface area contributed by atoms with Crippen LogP contribution < -0.4 is 4.90 Å².